The lowest BCUT2D eigenvalue weighted by molar-refractivity contribution is -0.123. The van der Waals surface area contributed by atoms with Crippen LogP contribution >= 0.6 is 15.9 Å². The first kappa shape index (κ1) is 13.6. The summed E-state index contributed by atoms with van der Waals surface area (Å²) in [7, 11) is 0. The monoisotopic (exact) mass is 310 g/mol. The summed E-state index contributed by atoms with van der Waals surface area (Å²) in [5.74, 6) is 0.135. The molecule has 0 unspecified atom stereocenters. The van der Waals surface area contributed by atoms with Crippen LogP contribution in [0.1, 0.15) is 25.8 Å². The molecule has 1 saturated heterocycles. The van der Waals surface area contributed by atoms with Crippen LogP contribution in [0.4, 0.5) is 5.69 Å². The van der Waals surface area contributed by atoms with Gasteiger partial charge in [-0.05, 0) is 51.4 Å². The maximum absolute atomic E-state index is 12.5. The normalized spacial score (nSPS) is 19.8. The number of carbonyl (C=O) groups excluding carboxylic acids is 1. The molecule has 0 atom stereocenters. The second-order valence-corrected chi connectivity index (χ2v) is 6.15. The molecular weight excluding hydrogens is 292 g/mol. The molecule has 98 valence electrons. The van der Waals surface area contributed by atoms with E-state index in [4.69, 9.17) is 0 Å². The van der Waals surface area contributed by atoms with E-state index in [1.54, 1.807) is 0 Å². The molecule has 0 aliphatic carbocycles. The predicted molar refractivity (Wildman–Crippen MR) is 77.9 cm³/mol. The first-order chi connectivity index (χ1) is 8.42. The van der Waals surface area contributed by atoms with E-state index >= 15 is 0 Å². The number of amides is 1. The van der Waals surface area contributed by atoms with E-state index in [2.05, 4.69) is 21.2 Å². The molecule has 0 spiro atoms. The van der Waals surface area contributed by atoms with Gasteiger partial charge in [0, 0.05) is 16.7 Å². The lowest BCUT2D eigenvalue weighted by Crippen LogP contribution is -2.51. The molecule has 0 bridgehead atoms. The number of anilines is 1. The van der Waals surface area contributed by atoms with Crippen molar-refractivity contribution in [2.45, 2.75) is 32.7 Å². The Balaban J connectivity index is 2.35. The van der Waals surface area contributed by atoms with E-state index in [-0.39, 0.29) is 5.91 Å². The van der Waals surface area contributed by atoms with Crippen LogP contribution in [-0.4, -0.2) is 24.5 Å². The van der Waals surface area contributed by atoms with Crippen LogP contribution in [0, 0.1) is 6.92 Å². The first-order valence-electron chi connectivity index (χ1n) is 6.25. The van der Waals surface area contributed by atoms with Gasteiger partial charge < -0.3 is 10.2 Å². The average molecular weight is 311 g/mol. The van der Waals surface area contributed by atoms with E-state index in [0.29, 0.717) is 0 Å². The molecule has 2 rings (SSSR count). The van der Waals surface area contributed by atoms with E-state index in [0.717, 1.165) is 29.7 Å². The Labute approximate surface area is 117 Å². The predicted octanol–water partition coefficient (Wildman–Crippen LogP) is 2.86. The molecule has 1 heterocycles. The van der Waals surface area contributed by atoms with Crippen LogP contribution in [-0.2, 0) is 4.79 Å². The average Bonchev–Trinajstić information content (AvgIpc) is 2.44. The third-order valence-corrected chi connectivity index (χ3v) is 4.23. The Morgan fingerprint density at radius 3 is 2.78 bits per heavy atom. The minimum Gasteiger partial charge on any atom is -0.311 e. The van der Waals surface area contributed by atoms with Gasteiger partial charge in [0.2, 0.25) is 5.91 Å². The first-order valence-corrected chi connectivity index (χ1v) is 7.04. The smallest absolute Gasteiger partial charge is 0.246 e. The highest BCUT2D eigenvalue weighted by Crippen LogP contribution is 2.26. The maximum Gasteiger partial charge on any atom is 0.246 e. The Kier molecular flexibility index (Phi) is 3.78. The summed E-state index contributed by atoms with van der Waals surface area (Å²) < 4.78 is 1.04. The number of hydrogen-bond donors (Lipinski definition) is 1. The quantitative estimate of drug-likeness (QED) is 0.865. The molecule has 1 aliphatic rings. The highest BCUT2D eigenvalue weighted by atomic mass is 79.9. The number of aryl methyl sites for hydroxylation is 1. The number of rotatable bonds is 1. The zero-order chi connectivity index (χ0) is 13.3. The molecule has 4 heteroatoms. The molecule has 1 fully saturated rings. The fourth-order valence-corrected chi connectivity index (χ4v) is 2.52. The zero-order valence-corrected chi connectivity index (χ0v) is 12.7. The van der Waals surface area contributed by atoms with Crippen molar-refractivity contribution in [1.29, 1.82) is 0 Å². The van der Waals surface area contributed by atoms with Crippen molar-refractivity contribution in [3.63, 3.8) is 0 Å². The minimum absolute atomic E-state index is 0.135. The van der Waals surface area contributed by atoms with Crippen LogP contribution in [0.15, 0.2) is 22.7 Å². The molecule has 18 heavy (non-hydrogen) atoms. The highest BCUT2D eigenvalue weighted by Gasteiger charge is 2.34. The minimum atomic E-state index is -0.492. The van der Waals surface area contributed by atoms with Gasteiger partial charge in [0.25, 0.3) is 0 Å². The number of carbonyl (C=O) groups is 1. The number of benzene rings is 1. The van der Waals surface area contributed by atoms with Crippen molar-refractivity contribution in [3.05, 3.63) is 28.2 Å². The summed E-state index contributed by atoms with van der Waals surface area (Å²) in [5.41, 5.74) is 1.65. The SMILES string of the molecule is Cc1ccc(N2CCCNC(C)(C)C2=O)cc1Br. The van der Waals surface area contributed by atoms with E-state index in [1.807, 2.05) is 43.9 Å². The summed E-state index contributed by atoms with van der Waals surface area (Å²) in [6.07, 6.45) is 0.973. The molecule has 1 amide bonds. The molecular formula is C14H19BrN2O. The Morgan fingerprint density at radius 1 is 1.39 bits per heavy atom. The van der Waals surface area contributed by atoms with Gasteiger partial charge in [-0.15, -0.1) is 0 Å². The van der Waals surface area contributed by atoms with Crippen molar-refractivity contribution in [1.82, 2.24) is 5.32 Å². The Bertz CT molecular complexity index is 471. The fraction of sp³-hybridized carbons (Fsp3) is 0.500. The van der Waals surface area contributed by atoms with Crippen molar-refractivity contribution in [2.75, 3.05) is 18.0 Å². The molecule has 3 nitrogen and oxygen atoms in total. The molecule has 1 N–H and O–H groups in total. The molecule has 0 saturated carbocycles. The largest absolute Gasteiger partial charge is 0.311 e. The molecule has 1 aromatic carbocycles. The topological polar surface area (TPSA) is 32.3 Å². The van der Waals surface area contributed by atoms with E-state index < -0.39 is 5.54 Å². The van der Waals surface area contributed by atoms with Crippen LogP contribution in [0.3, 0.4) is 0 Å². The second-order valence-electron chi connectivity index (χ2n) is 5.30. The van der Waals surface area contributed by atoms with Gasteiger partial charge in [0.1, 0.15) is 0 Å². The maximum atomic E-state index is 12.5. The number of nitrogens with zero attached hydrogens (tertiary/aromatic N) is 1. The van der Waals surface area contributed by atoms with Crippen molar-refractivity contribution in [3.8, 4) is 0 Å². The van der Waals surface area contributed by atoms with Crippen LogP contribution in [0.2, 0.25) is 0 Å². The summed E-state index contributed by atoms with van der Waals surface area (Å²) in [6.45, 7) is 7.57. The van der Waals surface area contributed by atoms with E-state index in [1.165, 1.54) is 5.56 Å². The van der Waals surface area contributed by atoms with E-state index in [9.17, 15) is 4.79 Å². The Morgan fingerprint density at radius 2 is 2.11 bits per heavy atom. The number of halogens is 1. The van der Waals surface area contributed by atoms with Crippen LogP contribution in [0.25, 0.3) is 0 Å². The highest BCUT2D eigenvalue weighted by molar-refractivity contribution is 9.10. The van der Waals surface area contributed by atoms with Crippen LogP contribution in [0.5, 0.6) is 0 Å². The van der Waals surface area contributed by atoms with Crippen molar-refractivity contribution < 1.29 is 4.79 Å². The molecule has 0 aromatic heterocycles. The van der Waals surface area contributed by atoms with Gasteiger partial charge in [0.15, 0.2) is 0 Å². The van der Waals surface area contributed by atoms with Crippen LogP contribution < -0.4 is 10.2 Å². The van der Waals surface area contributed by atoms with Crippen molar-refractivity contribution in [2.24, 2.45) is 0 Å². The molecule has 1 aliphatic heterocycles. The Hall–Kier alpha value is -0.870. The zero-order valence-electron chi connectivity index (χ0n) is 11.1. The second kappa shape index (κ2) is 5.02. The number of hydrogen-bond acceptors (Lipinski definition) is 2. The lowest BCUT2D eigenvalue weighted by Gasteiger charge is -2.29. The van der Waals surface area contributed by atoms with Gasteiger partial charge in [-0.3, -0.25) is 4.79 Å². The van der Waals surface area contributed by atoms with Gasteiger partial charge in [0.05, 0.1) is 5.54 Å². The lowest BCUT2D eigenvalue weighted by atomic mass is 10.0. The van der Waals surface area contributed by atoms with Gasteiger partial charge >= 0.3 is 0 Å². The summed E-state index contributed by atoms with van der Waals surface area (Å²) >= 11 is 3.53. The number of nitrogens with one attached hydrogen (secondary N) is 1. The summed E-state index contributed by atoms with van der Waals surface area (Å²) in [6, 6.07) is 6.08. The van der Waals surface area contributed by atoms with Gasteiger partial charge in [-0.25, -0.2) is 0 Å². The fourth-order valence-electron chi connectivity index (χ4n) is 2.15. The van der Waals surface area contributed by atoms with Crippen molar-refractivity contribution >= 4 is 27.5 Å². The van der Waals surface area contributed by atoms with Gasteiger partial charge in [-0.1, -0.05) is 22.0 Å². The standard InChI is InChI=1S/C14H19BrN2O/c1-10-5-6-11(9-12(10)15)17-8-4-7-16-14(2,3)13(17)18/h5-6,9,16H,4,7-8H2,1-3H3. The molecule has 0 radical (unpaired) electrons. The molecule has 1 aromatic rings. The summed E-state index contributed by atoms with van der Waals surface area (Å²) in [4.78, 5) is 14.4. The third-order valence-electron chi connectivity index (χ3n) is 3.37. The van der Waals surface area contributed by atoms with Gasteiger partial charge in [-0.2, -0.15) is 0 Å². The summed E-state index contributed by atoms with van der Waals surface area (Å²) in [5, 5.41) is 3.29. The third kappa shape index (κ3) is 2.59.